The Morgan fingerprint density at radius 2 is 1.71 bits per heavy atom. The second-order valence-corrected chi connectivity index (χ2v) is 7.97. The van der Waals surface area contributed by atoms with Gasteiger partial charge in [0, 0.05) is 36.3 Å². The summed E-state index contributed by atoms with van der Waals surface area (Å²) in [5, 5.41) is 0. The van der Waals surface area contributed by atoms with Crippen molar-refractivity contribution in [3.63, 3.8) is 0 Å². The third-order valence-corrected chi connectivity index (χ3v) is 5.74. The molecule has 158 valence electrons. The molecule has 1 aliphatic rings. The van der Waals surface area contributed by atoms with Gasteiger partial charge in [0.25, 0.3) is 5.91 Å². The van der Waals surface area contributed by atoms with Crippen molar-refractivity contribution in [1.29, 1.82) is 0 Å². The molecule has 1 aromatic heterocycles. The van der Waals surface area contributed by atoms with E-state index in [1.165, 1.54) is 0 Å². The maximum atomic E-state index is 13.6. The van der Waals surface area contributed by atoms with Crippen molar-refractivity contribution in [1.82, 2.24) is 9.88 Å². The zero-order valence-corrected chi connectivity index (χ0v) is 17.5. The van der Waals surface area contributed by atoms with Gasteiger partial charge in [-0.3, -0.25) is 14.4 Å². The molecule has 1 heterocycles. The van der Waals surface area contributed by atoms with Crippen LogP contribution < -0.4 is 5.73 Å². The second kappa shape index (κ2) is 8.60. The van der Waals surface area contributed by atoms with E-state index in [4.69, 9.17) is 5.73 Å². The first-order valence-electron chi connectivity index (χ1n) is 10.4. The van der Waals surface area contributed by atoms with Gasteiger partial charge >= 0.3 is 0 Å². The Balaban J connectivity index is 1.69. The highest BCUT2D eigenvalue weighted by molar-refractivity contribution is 6.04. The normalized spacial score (nSPS) is 13.0. The molecule has 0 spiro atoms. The van der Waals surface area contributed by atoms with Gasteiger partial charge in [-0.15, -0.1) is 0 Å². The van der Waals surface area contributed by atoms with Crippen LogP contribution in [0, 0.1) is 6.92 Å². The molecule has 0 aliphatic heterocycles. The van der Waals surface area contributed by atoms with Crippen LogP contribution in [0.4, 0.5) is 0 Å². The van der Waals surface area contributed by atoms with Crippen molar-refractivity contribution in [3.8, 4) is 0 Å². The third-order valence-electron chi connectivity index (χ3n) is 5.74. The molecule has 4 rings (SSSR count). The molecule has 2 aromatic carbocycles. The Hall–Kier alpha value is -3.67. The van der Waals surface area contributed by atoms with Crippen molar-refractivity contribution in [3.05, 3.63) is 93.8 Å². The van der Waals surface area contributed by atoms with E-state index in [0.717, 1.165) is 29.7 Å². The van der Waals surface area contributed by atoms with Crippen molar-refractivity contribution < 1.29 is 14.4 Å². The lowest BCUT2D eigenvalue weighted by Gasteiger charge is -2.23. The molecular weight excluding hydrogens is 390 g/mol. The molecule has 0 unspecified atom stereocenters. The number of aryl methyl sites for hydroxylation is 1. The number of H-pyrrole nitrogens is 1. The molecule has 2 amide bonds. The van der Waals surface area contributed by atoms with Gasteiger partial charge in [0.1, 0.15) is 5.69 Å². The largest absolute Gasteiger partial charge is 0.366 e. The van der Waals surface area contributed by atoms with E-state index in [1.807, 2.05) is 43.3 Å². The Bertz CT molecular complexity index is 1150. The summed E-state index contributed by atoms with van der Waals surface area (Å²) in [4.78, 5) is 42.5. The van der Waals surface area contributed by atoms with Crippen LogP contribution in [-0.2, 0) is 19.5 Å². The van der Waals surface area contributed by atoms with Crippen molar-refractivity contribution >= 4 is 17.6 Å². The van der Waals surface area contributed by atoms with Crippen molar-refractivity contribution in [2.75, 3.05) is 0 Å². The van der Waals surface area contributed by atoms with E-state index < -0.39 is 5.91 Å². The number of carbonyl (C=O) groups excluding carboxylic acids is 3. The number of Topliss-reactive ketones (excluding diaryl/α,β-unsaturated/α-hetero) is 1. The predicted molar refractivity (Wildman–Crippen MR) is 118 cm³/mol. The maximum absolute atomic E-state index is 13.6. The fourth-order valence-electron chi connectivity index (χ4n) is 4.19. The number of aromatic nitrogens is 1. The number of hydrogen-bond donors (Lipinski definition) is 2. The number of amides is 2. The first kappa shape index (κ1) is 20.6. The standard InChI is InChI=1S/C25H25N3O3/c1-16-22-20(11-6-12-21(22)29)27-23(16)25(31)28(14-17-7-3-2-4-8-17)15-18-9-5-10-19(13-18)24(26)30/h2-5,7-10,13,27H,6,11-12,14-15H2,1H3,(H2,26,30). The van der Waals surface area contributed by atoms with Crippen LogP contribution in [0.15, 0.2) is 54.6 Å². The lowest BCUT2D eigenvalue weighted by atomic mass is 9.93. The fourth-order valence-corrected chi connectivity index (χ4v) is 4.19. The van der Waals surface area contributed by atoms with Gasteiger partial charge in [-0.1, -0.05) is 42.5 Å². The van der Waals surface area contributed by atoms with Crippen LogP contribution in [0.25, 0.3) is 0 Å². The molecule has 0 fully saturated rings. The highest BCUT2D eigenvalue weighted by Gasteiger charge is 2.28. The first-order chi connectivity index (χ1) is 14.9. The summed E-state index contributed by atoms with van der Waals surface area (Å²) in [7, 11) is 0. The number of nitrogens with one attached hydrogen (secondary N) is 1. The minimum absolute atomic E-state index is 0.0952. The SMILES string of the molecule is Cc1c(C(=O)N(Cc2ccccc2)Cc2cccc(C(N)=O)c2)[nH]c2c1C(=O)CCC2. The Kier molecular flexibility index (Phi) is 5.71. The molecule has 0 bridgehead atoms. The number of primary amides is 1. The van der Waals surface area contributed by atoms with E-state index in [-0.39, 0.29) is 11.7 Å². The van der Waals surface area contributed by atoms with Gasteiger partial charge in [-0.05, 0) is 48.6 Å². The molecule has 6 nitrogen and oxygen atoms in total. The van der Waals surface area contributed by atoms with E-state index in [2.05, 4.69) is 4.98 Å². The number of rotatable bonds is 6. The van der Waals surface area contributed by atoms with E-state index in [9.17, 15) is 14.4 Å². The number of nitrogens with zero attached hydrogens (tertiary/aromatic N) is 1. The van der Waals surface area contributed by atoms with Crippen LogP contribution in [-0.4, -0.2) is 27.5 Å². The molecule has 0 saturated carbocycles. The first-order valence-corrected chi connectivity index (χ1v) is 10.4. The van der Waals surface area contributed by atoms with Gasteiger partial charge in [-0.25, -0.2) is 0 Å². The molecular formula is C25H25N3O3. The minimum Gasteiger partial charge on any atom is -0.366 e. The van der Waals surface area contributed by atoms with Crippen LogP contribution in [0.5, 0.6) is 0 Å². The van der Waals surface area contributed by atoms with E-state index in [0.29, 0.717) is 41.9 Å². The summed E-state index contributed by atoms with van der Waals surface area (Å²) in [5.41, 5.74) is 10.3. The third kappa shape index (κ3) is 4.28. The average molecular weight is 415 g/mol. The maximum Gasteiger partial charge on any atom is 0.271 e. The molecule has 0 saturated heterocycles. The van der Waals surface area contributed by atoms with Gasteiger partial charge < -0.3 is 15.6 Å². The molecule has 6 heteroatoms. The molecule has 0 radical (unpaired) electrons. The number of fused-ring (bicyclic) bond motifs is 1. The molecule has 31 heavy (non-hydrogen) atoms. The lowest BCUT2D eigenvalue weighted by molar-refractivity contribution is 0.0723. The molecule has 3 N–H and O–H groups in total. The number of benzene rings is 2. The Labute approximate surface area is 181 Å². The predicted octanol–water partition coefficient (Wildman–Crippen LogP) is 3.78. The summed E-state index contributed by atoms with van der Waals surface area (Å²) < 4.78 is 0. The van der Waals surface area contributed by atoms with Crippen LogP contribution in [0.3, 0.4) is 0 Å². The quantitative estimate of drug-likeness (QED) is 0.641. The second-order valence-electron chi connectivity index (χ2n) is 7.97. The zero-order chi connectivity index (χ0) is 22.0. The summed E-state index contributed by atoms with van der Waals surface area (Å²) in [6, 6.07) is 16.7. The van der Waals surface area contributed by atoms with Crippen LogP contribution in [0.1, 0.15) is 66.4 Å². The topological polar surface area (TPSA) is 96.3 Å². The van der Waals surface area contributed by atoms with Gasteiger partial charge in [0.05, 0.1) is 0 Å². The van der Waals surface area contributed by atoms with E-state index >= 15 is 0 Å². The number of ketones is 1. The lowest BCUT2D eigenvalue weighted by Crippen LogP contribution is -2.31. The summed E-state index contributed by atoms with van der Waals surface area (Å²) >= 11 is 0. The van der Waals surface area contributed by atoms with Gasteiger partial charge in [0.15, 0.2) is 5.78 Å². The van der Waals surface area contributed by atoms with Crippen molar-refractivity contribution in [2.45, 2.75) is 39.3 Å². The fraction of sp³-hybridized carbons (Fsp3) is 0.240. The van der Waals surface area contributed by atoms with Crippen LogP contribution >= 0.6 is 0 Å². The molecule has 1 aliphatic carbocycles. The minimum atomic E-state index is -0.505. The summed E-state index contributed by atoms with van der Waals surface area (Å²) in [5.74, 6) is -0.583. The summed E-state index contributed by atoms with van der Waals surface area (Å²) in [6.45, 7) is 2.55. The summed E-state index contributed by atoms with van der Waals surface area (Å²) in [6.07, 6.45) is 2.09. The van der Waals surface area contributed by atoms with Crippen LogP contribution in [0.2, 0.25) is 0 Å². The van der Waals surface area contributed by atoms with Gasteiger partial charge in [0.2, 0.25) is 5.91 Å². The number of carbonyl (C=O) groups is 3. The Morgan fingerprint density at radius 3 is 2.42 bits per heavy atom. The monoisotopic (exact) mass is 415 g/mol. The smallest absolute Gasteiger partial charge is 0.271 e. The Morgan fingerprint density at radius 1 is 1.00 bits per heavy atom. The molecule has 0 atom stereocenters. The molecule has 3 aromatic rings. The van der Waals surface area contributed by atoms with E-state index in [1.54, 1.807) is 23.1 Å². The highest BCUT2D eigenvalue weighted by atomic mass is 16.2. The average Bonchev–Trinajstić information content (AvgIpc) is 3.11. The highest BCUT2D eigenvalue weighted by Crippen LogP contribution is 2.28. The van der Waals surface area contributed by atoms with Crippen molar-refractivity contribution in [2.24, 2.45) is 5.73 Å². The number of aromatic amines is 1. The zero-order valence-electron chi connectivity index (χ0n) is 17.5. The number of nitrogens with two attached hydrogens (primary N) is 1. The van der Waals surface area contributed by atoms with Gasteiger partial charge in [-0.2, -0.15) is 0 Å². The number of hydrogen-bond acceptors (Lipinski definition) is 3.